The van der Waals surface area contributed by atoms with Crippen LogP contribution in [-0.2, 0) is 13.1 Å². The van der Waals surface area contributed by atoms with Gasteiger partial charge in [0.1, 0.15) is 0 Å². The Bertz CT molecular complexity index is 740. The first-order valence-electron chi connectivity index (χ1n) is 7.44. The molecule has 1 heteroatoms. The van der Waals surface area contributed by atoms with Gasteiger partial charge in [0.05, 0.1) is 0 Å². The van der Waals surface area contributed by atoms with Crippen LogP contribution in [0, 0.1) is 6.92 Å². The van der Waals surface area contributed by atoms with Crippen molar-refractivity contribution in [1.82, 2.24) is 4.90 Å². The van der Waals surface area contributed by atoms with Crippen LogP contribution in [0.4, 0.5) is 0 Å². The van der Waals surface area contributed by atoms with Crippen molar-refractivity contribution in [2.75, 3.05) is 7.05 Å². The second-order valence-electron chi connectivity index (χ2n) is 5.74. The molecule has 0 aliphatic heterocycles. The van der Waals surface area contributed by atoms with E-state index in [4.69, 9.17) is 0 Å². The smallest absolute Gasteiger partial charge is 0.0240 e. The molecule has 0 unspecified atom stereocenters. The predicted octanol–water partition coefficient (Wildman–Crippen LogP) is 4.78. The topological polar surface area (TPSA) is 3.24 Å². The minimum atomic E-state index is 0.968. The van der Waals surface area contributed by atoms with Crippen molar-refractivity contribution in [3.05, 3.63) is 83.4 Å². The van der Waals surface area contributed by atoms with Crippen LogP contribution in [0.25, 0.3) is 10.8 Å². The second-order valence-corrected chi connectivity index (χ2v) is 5.74. The van der Waals surface area contributed by atoms with Crippen molar-refractivity contribution in [2.45, 2.75) is 20.0 Å². The molecule has 0 saturated carbocycles. The summed E-state index contributed by atoms with van der Waals surface area (Å²) in [4.78, 5) is 2.38. The van der Waals surface area contributed by atoms with Crippen LogP contribution in [0.2, 0.25) is 0 Å². The van der Waals surface area contributed by atoms with Gasteiger partial charge in [0, 0.05) is 13.1 Å². The van der Waals surface area contributed by atoms with Crippen molar-refractivity contribution in [2.24, 2.45) is 0 Å². The Morgan fingerprint density at radius 1 is 0.714 bits per heavy atom. The van der Waals surface area contributed by atoms with E-state index in [1.807, 2.05) is 0 Å². The van der Waals surface area contributed by atoms with Crippen LogP contribution in [0.3, 0.4) is 0 Å². The Labute approximate surface area is 126 Å². The van der Waals surface area contributed by atoms with Gasteiger partial charge in [-0.25, -0.2) is 0 Å². The van der Waals surface area contributed by atoms with E-state index in [1.54, 1.807) is 0 Å². The van der Waals surface area contributed by atoms with E-state index in [2.05, 4.69) is 85.6 Å². The molecule has 0 amide bonds. The Morgan fingerprint density at radius 3 is 2.19 bits per heavy atom. The van der Waals surface area contributed by atoms with Crippen LogP contribution in [0.5, 0.6) is 0 Å². The molecule has 0 bridgehead atoms. The fourth-order valence-corrected chi connectivity index (χ4v) is 2.86. The van der Waals surface area contributed by atoms with Crippen LogP contribution in [0.1, 0.15) is 16.7 Å². The van der Waals surface area contributed by atoms with E-state index >= 15 is 0 Å². The van der Waals surface area contributed by atoms with Crippen LogP contribution in [-0.4, -0.2) is 11.9 Å². The Kier molecular flexibility index (Phi) is 4.03. The summed E-state index contributed by atoms with van der Waals surface area (Å²) >= 11 is 0. The second kappa shape index (κ2) is 6.11. The van der Waals surface area contributed by atoms with Gasteiger partial charge >= 0.3 is 0 Å². The molecule has 0 aliphatic carbocycles. The summed E-state index contributed by atoms with van der Waals surface area (Å²) in [5, 5.41) is 2.68. The molecule has 3 aromatic carbocycles. The molecule has 0 spiro atoms. The highest BCUT2D eigenvalue weighted by atomic mass is 15.1. The fourth-order valence-electron chi connectivity index (χ4n) is 2.86. The van der Waals surface area contributed by atoms with E-state index in [0.717, 1.165) is 13.1 Å². The number of nitrogens with zero attached hydrogens (tertiary/aromatic N) is 1. The maximum Gasteiger partial charge on any atom is 0.0240 e. The molecule has 0 fully saturated rings. The molecule has 1 nitrogen and oxygen atoms in total. The average molecular weight is 275 g/mol. The zero-order valence-corrected chi connectivity index (χ0v) is 12.7. The molecule has 0 aromatic heterocycles. The largest absolute Gasteiger partial charge is 0.298 e. The standard InChI is InChI=1S/C20H21N/c1-16-8-3-4-10-18(16)14-21(2)15-19-12-7-11-17-9-5-6-13-20(17)19/h3-13H,14-15H2,1-2H3. The van der Waals surface area contributed by atoms with Crippen LogP contribution in [0.15, 0.2) is 66.7 Å². The lowest BCUT2D eigenvalue weighted by Crippen LogP contribution is -2.18. The molecule has 3 rings (SSSR count). The van der Waals surface area contributed by atoms with E-state index in [9.17, 15) is 0 Å². The van der Waals surface area contributed by atoms with Gasteiger partial charge in [-0.2, -0.15) is 0 Å². The zero-order valence-electron chi connectivity index (χ0n) is 12.7. The number of benzene rings is 3. The van der Waals surface area contributed by atoms with E-state index in [0.29, 0.717) is 0 Å². The van der Waals surface area contributed by atoms with Gasteiger partial charge in [0.25, 0.3) is 0 Å². The van der Waals surface area contributed by atoms with Gasteiger partial charge in [0.15, 0.2) is 0 Å². The van der Waals surface area contributed by atoms with Gasteiger partial charge in [-0.15, -0.1) is 0 Å². The van der Waals surface area contributed by atoms with Crippen molar-refractivity contribution in [3.63, 3.8) is 0 Å². The molecule has 0 saturated heterocycles. The monoisotopic (exact) mass is 275 g/mol. The molecular weight excluding hydrogens is 254 g/mol. The summed E-state index contributed by atoms with van der Waals surface area (Å²) in [6.07, 6.45) is 0. The molecule has 106 valence electrons. The van der Waals surface area contributed by atoms with Crippen LogP contribution < -0.4 is 0 Å². The Balaban J connectivity index is 1.81. The molecule has 21 heavy (non-hydrogen) atoms. The third-order valence-electron chi connectivity index (χ3n) is 4.02. The molecule has 0 aliphatic rings. The molecule has 0 N–H and O–H groups in total. The first-order valence-corrected chi connectivity index (χ1v) is 7.44. The molecule has 0 heterocycles. The average Bonchev–Trinajstić information content (AvgIpc) is 2.50. The minimum absolute atomic E-state index is 0.968. The van der Waals surface area contributed by atoms with Gasteiger partial charge in [-0.3, -0.25) is 4.90 Å². The SMILES string of the molecule is Cc1ccccc1CN(C)Cc1cccc2ccccc12. The lowest BCUT2D eigenvalue weighted by atomic mass is 10.0. The molecule has 0 radical (unpaired) electrons. The summed E-state index contributed by atoms with van der Waals surface area (Å²) in [5.41, 5.74) is 4.16. The van der Waals surface area contributed by atoms with Gasteiger partial charge in [-0.05, 0) is 41.4 Å². The highest BCUT2D eigenvalue weighted by Crippen LogP contribution is 2.20. The summed E-state index contributed by atoms with van der Waals surface area (Å²) < 4.78 is 0. The highest BCUT2D eigenvalue weighted by molar-refractivity contribution is 5.85. The van der Waals surface area contributed by atoms with E-state index in [1.165, 1.54) is 27.5 Å². The number of rotatable bonds is 4. The number of hydrogen-bond donors (Lipinski definition) is 0. The third-order valence-corrected chi connectivity index (χ3v) is 4.02. The number of fused-ring (bicyclic) bond motifs is 1. The number of aryl methyl sites for hydroxylation is 1. The summed E-state index contributed by atoms with van der Waals surface area (Å²) in [5.74, 6) is 0. The molecule has 0 atom stereocenters. The maximum atomic E-state index is 2.38. The molecular formula is C20H21N. The lowest BCUT2D eigenvalue weighted by Gasteiger charge is -2.19. The lowest BCUT2D eigenvalue weighted by molar-refractivity contribution is 0.319. The minimum Gasteiger partial charge on any atom is -0.298 e. The quantitative estimate of drug-likeness (QED) is 0.662. The molecule has 3 aromatic rings. The highest BCUT2D eigenvalue weighted by Gasteiger charge is 2.06. The predicted molar refractivity (Wildman–Crippen MR) is 90.3 cm³/mol. The van der Waals surface area contributed by atoms with E-state index in [-0.39, 0.29) is 0 Å². The van der Waals surface area contributed by atoms with E-state index < -0.39 is 0 Å². The summed E-state index contributed by atoms with van der Waals surface area (Å²) in [6, 6.07) is 23.8. The van der Waals surface area contributed by atoms with Crippen molar-refractivity contribution >= 4 is 10.8 Å². The van der Waals surface area contributed by atoms with Crippen LogP contribution >= 0.6 is 0 Å². The normalized spacial score (nSPS) is 11.2. The first kappa shape index (κ1) is 13.8. The Hall–Kier alpha value is -2.12. The Morgan fingerprint density at radius 2 is 1.33 bits per heavy atom. The maximum absolute atomic E-state index is 2.38. The van der Waals surface area contributed by atoms with Gasteiger partial charge < -0.3 is 0 Å². The van der Waals surface area contributed by atoms with Crippen molar-refractivity contribution in [3.8, 4) is 0 Å². The third kappa shape index (κ3) is 3.14. The summed E-state index contributed by atoms with van der Waals surface area (Å²) in [6.45, 7) is 4.13. The van der Waals surface area contributed by atoms with Gasteiger partial charge in [-0.1, -0.05) is 66.7 Å². The zero-order chi connectivity index (χ0) is 14.7. The number of hydrogen-bond acceptors (Lipinski definition) is 1. The first-order chi connectivity index (χ1) is 10.2. The van der Waals surface area contributed by atoms with Crippen molar-refractivity contribution < 1.29 is 0 Å². The van der Waals surface area contributed by atoms with Crippen molar-refractivity contribution in [1.29, 1.82) is 0 Å². The fraction of sp³-hybridized carbons (Fsp3) is 0.200. The van der Waals surface area contributed by atoms with Gasteiger partial charge in [0.2, 0.25) is 0 Å². The summed E-state index contributed by atoms with van der Waals surface area (Å²) in [7, 11) is 2.19.